The summed E-state index contributed by atoms with van der Waals surface area (Å²) in [5.74, 6) is -0.698. The van der Waals surface area contributed by atoms with Crippen LogP contribution in [0.25, 0.3) is 0 Å². The van der Waals surface area contributed by atoms with E-state index < -0.39 is 5.92 Å². The Morgan fingerprint density at radius 2 is 1.67 bits per heavy atom. The quantitative estimate of drug-likeness (QED) is 0.254. The number of carbonyl (C=O) groups excluding carboxylic acids is 2. The minimum Gasteiger partial charge on any atom is -0.369 e. The normalized spacial score (nSPS) is 17.0. The van der Waals surface area contributed by atoms with Gasteiger partial charge in [0, 0.05) is 49.5 Å². The van der Waals surface area contributed by atoms with Crippen molar-refractivity contribution in [2.24, 2.45) is 4.99 Å². The monoisotopic (exact) mass is 603 g/mol. The number of rotatable bonds is 7. The van der Waals surface area contributed by atoms with E-state index >= 15 is 0 Å². The minimum atomic E-state index is -0.444. The molecule has 1 atom stereocenters. The molecule has 1 saturated heterocycles. The zero-order chi connectivity index (χ0) is 31.7. The second-order valence-electron chi connectivity index (χ2n) is 13.1. The van der Waals surface area contributed by atoms with E-state index in [9.17, 15) is 9.59 Å². The van der Waals surface area contributed by atoms with Gasteiger partial charge in [0.1, 0.15) is 11.6 Å². The van der Waals surface area contributed by atoms with Crippen LogP contribution in [0.4, 0.5) is 22.7 Å². The molecule has 9 heteroatoms. The number of aryl methyl sites for hydroxylation is 1. The SMILES string of the molecule is Cc1cc(C(=O)Nc2ccc(Cc3ccc4c(c3)C(C=Nc3ccc(N5CCN(C)CC5)cc3)C(=O)N4)cc2)n(C(C)(C)C)n1. The van der Waals surface area contributed by atoms with Crippen LogP contribution >= 0.6 is 0 Å². The molecule has 0 aliphatic carbocycles. The fourth-order valence-corrected chi connectivity index (χ4v) is 5.88. The third-order valence-electron chi connectivity index (χ3n) is 8.40. The Balaban J connectivity index is 1.10. The van der Waals surface area contributed by atoms with Crippen LogP contribution in [0.2, 0.25) is 0 Å². The number of aliphatic imine (C=N–C) groups is 1. The highest BCUT2D eigenvalue weighted by molar-refractivity contribution is 6.12. The second-order valence-corrected chi connectivity index (χ2v) is 13.1. The van der Waals surface area contributed by atoms with E-state index in [0.29, 0.717) is 12.1 Å². The highest BCUT2D eigenvalue weighted by Crippen LogP contribution is 2.33. The summed E-state index contributed by atoms with van der Waals surface area (Å²) in [6.07, 6.45) is 2.45. The first kappa shape index (κ1) is 30.3. The molecule has 2 aliphatic rings. The van der Waals surface area contributed by atoms with Crippen LogP contribution in [0.15, 0.2) is 77.8 Å². The number of hydrogen-bond donors (Lipinski definition) is 2. The predicted octanol–water partition coefficient (Wildman–Crippen LogP) is 5.98. The lowest BCUT2D eigenvalue weighted by Gasteiger charge is -2.34. The Morgan fingerprint density at radius 1 is 0.978 bits per heavy atom. The van der Waals surface area contributed by atoms with Gasteiger partial charge in [-0.05, 0) is 106 Å². The van der Waals surface area contributed by atoms with Gasteiger partial charge >= 0.3 is 0 Å². The number of carbonyl (C=O) groups is 2. The number of hydrogen-bond acceptors (Lipinski definition) is 6. The molecule has 3 heterocycles. The van der Waals surface area contributed by atoms with E-state index in [1.54, 1.807) is 10.9 Å². The Kier molecular flexibility index (Phi) is 8.29. The maximum Gasteiger partial charge on any atom is 0.273 e. The summed E-state index contributed by atoms with van der Waals surface area (Å²) in [5, 5.41) is 10.5. The van der Waals surface area contributed by atoms with Crippen molar-refractivity contribution >= 4 is 40.8 Å². The molecule has 0 radical (unpaired) electrons. The second kappa shape index (κ2) is 12.3. The van der Waals surface area contributed by atoms with Gasteiger partial charge < -0.3 is 20.4 Å². The zero-order valence-electron chi connectivity index (χ0n) is 26.7. The molecule has 4 aromatic rings. The molecule has 2 amide bonds. The van der Waals surface area contributed by atoms with Crippen molar-refractivity contribution in [2.45, 2.75) is 45.6 Å². The topological polar surface area (TPSA) is 94.9 Å². The summed E-state index contributed by atoms with van der Waals surface area (Å²) in [7, 11) is 2.16. The number of piperazine rings is 1. The van der Waals surface area contributed by atoms with Crippen LogP contribution in [-0.2, 0) is 16.8 Å². The van der Waals surface area contributed by atoms with Crippen molar-refractivity contribution in [1.82, 2.24) is 14.7 Å². The molecule has 1 unspecified atom stereocenters. The van der Waals surface area contributed by atoms with Crippen LogP contribution in [-0.4, -0.2) is 65.9 Å². The molecule has 9 nitrogen and oxygen atoms in total. The lowest BCUT2D eigenvalue weighted by atomic mass is 9.96. The summed E-state index contributed by atoms with van der Waals surface area (Å²) in [6, 6.07) is 24.0. The molecule has 45 heavy (non-hydrogen) atoms. The van der Waals surface area contributed by atoms with E-state index in [-0.39, 0.29) is 17.4 Å². The number of anilines is 3. The van der Waals surface area contributed by atoms with Crippen molar-refractivity contribution in [3.63, 3.8) is 0 Å². The lowest BCUT2D eigenvalue weighted by molar-refractivity contribution is -0.115. The van der Waals surface area contributed by atoms with E-state index in [0.717, 1.165) is 65.6 Å². The van der Waals surface area contributed by atoms with Gasteiger partial charge in [-0.15, -0.1) is 0 Å². The van der Waals surface area contributed by atoms with Gasteiger partial charge in [-0.3, -0.25) is 19.3 Å². The van der Waals surface area contributed by atoms with E-state index in [1.165, 1.54) is 5.69 Å². The standard InChI is InChI=1S/C36H41N7O2/c1-24-20-33(43(40-24)36(2,3)4)35(45)38-28-9-6-25(7-10-28)21-26-8-15-32-30(22-26)31(34(44)39-32)23-37-27-11-13-29(14-12-27)42-18-16-41(5)17-19-42/h6-15,20,22-23,31H,16-19,21H2,1-5H3,(H,38,45)(H,39,44). The Hall–Kier alpha value is -4.76. The average molecular weight is 604 g/mol. The fourth-order valence-electron chi connectivity index (χ4n) is 5.88. The molecule has 1 aromatic heterocycles. The molecule has 3 aromatic carbocycles. The molecule has 6 rings (SSSR count). The molecular weight excluding hydrogens is 562 g/mol. The van der Waals surface area contributed by atoms with Gasteiger partial charge in [-0.25, -0.2) is 0 Å². The van der Waals surface area contributed by atoms with Crippen LogP contribution < -0.4 is 15.5 Å². The molecule has 0 spiro atoms. The summed E-state index contributed by atoms with van der Waals surface area (Å²) < 4.78 is 1.77. The Morgan fingerprint density at radius 3 is 2.36 bits per heavy atom. The first-order valence-electron chi connectivity index (χ1n) is 15.5. The van der Waals surface area contributed by atoms with Crippen LogP contribution in [0, 0.1) is 6.92 Å². The molecular formula is C36H41N7O2. The minimum absolute atomic E-state index is 0.0666. The van der Waals surface area contributed by atoms with Gasteiger partial charge in [0.15, 0.2) is 0 Å². The third kappa shape index (κ3) is 6.83. The summed E-state index contributed by atoms with van der Waals surface area (Å²) in [6.45, 7) is 12.1. The van der Waals surface area contributed by atoms with Gasteiger partial charge in [0.2, 0.25) is 5.91 Å². The number of fused-ring (bicyclic) bond motifs is 1. The molecule has 2 aliphatic heterocycles. The number of amides is 2. The summed E-state index contributed by atoms with van der Waals surface area (Å²) in [4.78, 5) is 35.3. The molecule has 2 N–H and O–H groups in total. The van der Waals surface area contributed by atoms with E-state index in [1.807, 2.05) is 82.3 Å². The van der Waals surface area contributed by atoms with Crippen molar-refractivity contribution in [3.8, 4) is 0 Å². The van der Waals surface area contributed by atoms with Gasteiger partial charge in [-0.2, -0.15) is 5.10 Å². The first-order valence-corrected chi connectivity index (χ1v) is 15.5. The molecule has 0 saturated carbocycles. The van der Waals surface area contributed by atoms with E-state index in [2.05, 4.69) is 55.8 Å². The molecule has 1 fully saturated rings. The average Bonchev–Trinajstić information content (AvgIpc) is 3.57. The molecule has 0 bridgehead atoms. The number of aromatic nitrogens is 2. The van der Waals surface area contributed by atoms with E-state index in [4.69, 9.17) is 0 Å². The van der Waals surface area contributed by atoms with Crippen molar-refractivity contribution in [2.75, 3.05) is 48.8 Å². The predicted molar refractivity (Wildman–Crippen MR) is 181 cm³/mol. The van der Waals surface area contributed by atoms with Gasteiger partial charge in [0.05, 0.1) is 16.9 Å². The van der Waals surface area contributed by atoms with Crippen LogP contribution in [0.3, 0.4) is 0 Å². The molecule has 232 valence electrons. The summed E-state index contributed by atoms with van der Waals surface area (Å²) in [5.41, 5.74) is 7.75. The Bertz CT molecular complexity index is 1720. The van der Waals surface area contributed by atoms with Crippen molar-refractivity contribution in [1.29, 1.82) is 0 Å². The highest BCUT2D eigenvalue weighted by Gasteiger charge is 2.29. The maximum atomic E-state index is 13.1. The number of nitrogens with one attached hydrogen (secondary N) is 2. The number of likely N-dealkylation sites (N-methyl/N-ethyl adjacent to an activating group) is 1. The third-order valence-corrected chi connectivity index (χ3v) is 8.40. The van der Waals surface area contributed by atoms with Crippen molar-refractivity contribution in [3.05, 3.63) is 101 Å². The smallest absolute Gasteiger partial charge is 0.273 e. The van der Waals surface area contributed by atoms with Gasteiger partial charge in [0.25, 0.3) is 5.91 Å². The van der Waals surface area contributed by atoms with Crippen LogP contribution in [0.1, 0.15) is 59.6 Å². The van der Waals surface area contributed by atoms with Gasteiger partial charge in [-0.1, -0.05) is 24.3 Å². The Labute approximate surface area is 265 Å². The number of benzene rings is 3. The first-order chi connectivity index (χ1) is 21.5. The van der Waals surface area contributed by atoms with Crippen LogP contribution in [0.5, 0.6) is 0 Å². The lowest BCUT2D eigenvalue weighted by Crippen LogP contribution is -2.44. The summed E-state index contributed by atoms with van der Waals surface area (Å²) >= 11 is 0. The number of nitrogens with zero attached hydrogens (tertiary/aromatic N) is 5. The largest absolute Gasteiger partial charge is 0.369 e. The highest BCUT2D eigenvalue weighted by atomic mass is 16.2. The fraction of sp³-hybridized carbons (Fsp3) is 0.333. The van der Waals surface area contributed by atoms with Crippen molar-refractivity contribution < 1.29 is 9.59 Å². The maximum absolute atomic E-state index is 13.1. The zero-order valence-corrected chi connectivity index (χ0v) is 26.7.